The van der Waals surface area contributed by atoms with Crippen LogP contribution in [0.15, 0.2) is 42.5 Å². The molecule has 4 nitrogen and oxygen atoms in total. The third-order valence-electron chi connectivity index (χ3n) is 3.63. The van der Waals surface area contributed by atoms with Crippen LogP contribution in [0.1, 0.15) is 17.0 Å². The minimum atomic E-state index is -0.254. The summed E-state index contributed by atoms with van der Waals surface area (Å²) in [4.78, 5) is 12.1. The van der Waals surface area contributed by atoms with E-state index in [1.54, 1.807) is 0 Å². The minimum absolute atomic E-state index is 0.0652. The van der Waals surface area contributed by atoms with Gasteiger partial charge in [0.05, 0.1) is 12.6 Å². The van der Waals surface area contributed by atoms with Gasteiger partial charge in [0.2, 0.25) is 5.91 Å². The first kappa shape index (κ1) is 15.3. The normalized spacial score (nSPS) is 12.1. The molecule has 0 aliphatic heterocycles. The zero-order valence-corrected chi connectivity index (χ0v) is 12.5. The summed E-state index contributed by atoms with van der Waals surface area (Å²) in [6.07, 6.45) is 0.632. The maximum Gasteiger partial charge on any atom is 0.240 e. The van der Waals surface area contributed by atoms with E-state index in [9.17, 15) is 9.90 Å². The molecule has 2 aromatic rings. The standard InChI is InChI=1S/C17H22N2O2/c1-13-8-9-14(2)19(13)11-17(21)18-16(12-20)10-15-6-4-3-5-7-15/h3-9,16,20H,10-12H2,1-2H3,(H,18,21)/t16-/m0/s1. The molecular formula is C17H22N2O2. The maximum absolute atomic E-state index is 12.1. The van der Waals surface area contributed by atoms with Crippen LogP contribution in [0.2, 0.25) is 0 Å². The highest BCUT2D eigenvalue weighted by Gasteiger charge is 2.13. The molecule has 0 saturated heterocycles. The van der Waals surface area contributed by atoms with Crippen LogP contribution in [0.4, 0.5) is 0 Å². The first-order valence-electron chi connectivity index (χ1n) is 7.17. The van der Waals surface area contributed by atoms with Crippen molar-refractivity contribution in [3.05, 3.63) is 59.4 Å². The SMILES string of the molecule is Cc1ccc(C)n1CC(=O)N[C@H](CO)Cc1ccccc1. The number of aliphatic hydroxyl groups is 1. The number of carbonyl (C=O) groups is 1. The number of hydrogen-bond acceptors (Lipinski definition) is 2. The number of aromatic nitrogens is 1. The number of nitrogens with zero attached hydrogens (tertiary/aromatic N) is 1. The van der Waals surface area contributed by atoms with Gasteiger partial charge in [0, 0.05) is 11.4 Å². The minimum Gasteiger partial charge on any atom is -0.394 e. The lowest BCUT2D eigenvalue weighted by atomic mass is 10.1. The van der Waals surface area contributed by atoms with Gasteiger partial charge in [-0.25, -0.2) is 0 Å². The molecule has 0 bridgehead atoms. The number of amides is 1. The third kappa shape index (κ3) is 4.20. The van der Waals surface area contributed by atoms with Crippen LogP contribution in [0, 0.1) is 13.8 Å². The molecule has 0 spiro atoms. The Hall–Kier alpha value is -2.07. The van der Waals surface area contributed by atoms with Crippen LogP contribution in [0.25, 0.3) is 0 Å². The Bertz CT molecular complexity index is 571. The lowest BCUT2D eigenvalue weighted by molar-refractivity contribution is -0.122. The number of nitrogens with one attached hydrogen (secondary N) is 1. The Morgan fingerprint density at radius 1 is 1.14 bits per heavy atom. The molecule has 1 heterocycles. The van der Waals surface area contributed by atoms with Gasteiger partial charge >= 0.3 is 0 Å². The van der Waals surface area contributed by atoms with Gasteiger partial charge in [0.1, 0.15) is 6.54 Å². The highest BCUT2D eigenvalue weighted by molar-refractivity contribution is 5.76. The van der Waals surface area contributed by atoms with Crippen molar-refractivity contribution >= 4 is 5.91 Å². The first-order valence-corrected chi connectivity index (χ1v) is 7.17. The van der Waals surface area contributed by atoms with Gasteiger partial charge in [-0.3, -0.25) is 4.79 Å². The third-order valence-corrected chi connectivity index (χ3v) is 3.63. The van der Waals surface area contributed by atoms with Gasteiger partial charge in [-0.1, -0.05) is 30.3 Å². The average Bonchev–Trinajstić information content (AvgIpc) is 2.79. The molecule has 2 rings (SSSR count). The van der Waals surface area contributed by atoms with E-state index < -0.39 is 0 Å². The quantitative estimate of drug-likeness (QED) is 0.851. The lowest BCUT2D eigenvalue weighted by Gasteiger charge is -2.17. The number of rotatable bonds is 6. The molecule has 0 aliphatic rings. The van der Waals surface area contributed by atoms with E-state index in [-0.39, 0.29) is 25.1 Å². The summed E-state index contributed by atoms with van der Waals surface area (Å²) in [7, 11) is 0. The van der Waals surface area contributed by atoms with Crippen LogP contribution in [-0.2, 0) is 17.8 Å². The molecule has 1 atom stereocenters. The van der Waals surface area contributed by atoms with E-state index in [1.165, 1.54) is 0 Å². The van der Waals surface area contributed by atoms with Crippen molar-refractivity contribution in [1.82, 2.24) is 9.88 Å². The van der Waals surface area contributed by atoms with E-state index in [1.807, 2.05) is 60.9 Å². The van der Waals surface area contributed by atoms with Gasteiger partial charge in [-0.2, -0.15) is 0 Å². The van der Waals surface area contributed by atoms with E-state index in [0.29, 0.717) is 6.42 Å². The molecule has 0 radical (unpaired) electrons. The number of aliphatic hydroxyl groups excluding tert-OH is 1. The van der Waals surface area contributed by atoms with Gasteiger partial charge in [-0.15, -0.1) is 0 Å². The second-order valence-electron chi connectivity index (χ2n) is 5.34. The van der Waals surface area contributed by atoms with Crippen LogP contribution in [0.5, 0.6) is 0 Å². The van der Waals surface area contributed by atoms with E-state index >= 15 is 0 Å². The maximum atomic E-state index is 12.1. The molecule has 1 aromatic heterocycles. The Morgan fingerprint density at radius 3 is 2.33 bits per heavy atom. The number of benzene rings is 1. The molecule has 0 aliphatic carbocycles. The second-order valence-corrected chi connectivity index (χ2v) is 5.34. The number of carbonyl (C=O) groups excluding carboxylic acids is 1. The first-order chi connectivity index (χ1) is 10.1. The van der Waals surface area contributed by atoms with E-state index in [0.717, 1.165) is 17.0 Å². The van der Waals surface area contributed by atoms with Crippen molar-refractivity contribution in [3.63, 3.8) is 0 Å². The largest absolute Gasteiger partial charge is 0.394 e. The second kappa shape index (κ2) is 7.09. The Kier molecular flexibility index (Phi) is 5.17. The molecule has 1 amide bonds. The molecule has 0 fully saturated rings. The molecule has 0 unspecified atom stereocenters. The fourth-order valence-corrected chi connectivity index (χ4v) is 2.43. The van der Waals surface area contributed by atoms with Crippen molar-refractivity contribution in [2.45, 2.75) is 32.9 Å². The Labute approximate surface area is 125 Å². The summed E-state index contributed by atoms with van der Waals surface area (Å²) in [5.74, 6) is -0.0765. The van der Waals surface area contributed by atoms with Crippen molar-refractivity contribution in [2.75, 3.05) is 6.61 Å². The van der Waals surface area contributed by atoms with Crippen molar-refractivity contribution in [3.8, 4) is 0 Å². The number of hydrogen-bond donors (Lipinski definition) is 2. The predicted molar refractivity (Wildman–Crippen MR) is 83.1 cm³/mol. The summed E-state index contributed by atoms with van der Waals surface area (Å²) in [6, 6.07) is 13.6. The molecule has 0 saturated carbocycles. The Morgan fingerprint density at radius 2 is 1.76 bits per heavy atom. The van der Waals surface area contributed by atoms with Gasteiger partial charge in [-0.05, 0) is 38.0 Å². The molecular weight excluding hydrogens is 264 g/mol. The van der Waals surface area contributed by atoms with Crippen molar-refractivity contribution in [2.24, 2.45) is 0 Å². The molecule has 4 heteroatoms. The van der Waals surface area contributed by atoms with Crippen molar-refractivity contribution in [1.29, 1.82) is 0 Å². The summed E-state index contributed by atoms with van der Waals surface area (Å²) >= 11 is 0. The summed E-state index contributed by atoms with van der Waals surface area (Å²) < 4.78 is 1.96. The fourth-order valence-electron chi connectivity index (χ4n) is 2.43. The van der Waals surface area contributed by atoms with Gasteiger partial charge in [0.15, 0.2) is 0 Å². The zero-order chi connectivity index (χ0) is 15.2. The molecule has 21 heavy (non-hydrogen) atoms. The summed E-state index contributed by atoms with van der Waals surface area (Å²) in [5.41, 5.74) is 3.22. The lowest BCUT2D eigenvalue weighted by Crippen LogP contribution is -2.41. The Balaban J connectivity index is 1.94. The van der Waals surface area contributed by atoms with Crippen LogP contribution in [0.3, 0.4) is 0 Å². The van der Waals surface area contributed by atoms with Crippen LogP contribution in [-0.4, -0.2) is 28.2 Å². The molecule has 112 valence electrons. The molecule has 1 aromatic carbocycles. The van der Waals surface area contributed by atoms with Crippen LogP contribution >= 0.6 is 0 Å². The highest BCUT2D eigenvalue weighted by Crippen LogP contribution is 2.07. The van der Waals surface area contributed by atoms with E-state index in [2.05, 4.69) is 5.32 Å². The summed E-state index contributed by atoms with van der Waals surface area (Å²) in [5, 5.41) is 12.3. The predicted octanol–water partition coefficient (Wildman–Crippen LogP) is 1.82. The molecule has 2 N–H and O–H groups in total. The highest BCUT2D eigenvalue weighted by atomic mass is 16.3. The zero-order valence-electron chi connectivity index (χ0n) is 12.5. The monoisotopic (exact) mass is 286 g/mol. The smallest absolute Gasteiger partial charge is 0.240 e. The topological polar surface area (TPSA) is 54.3 Å². The van der Waals surface area contributed by atoms with Crippen molar-refractivity contribution < 1.29 is 9.90 Å². The number of aryl methyl sites for hydroxylation is 2. The average molecular weight is 286 g/mol. The summed E-state index contributed by atoms with van der Waals surface area (Å²) in [6.45, 7) is 4.18. The van der Waals surface area contributed by atoms with E-state index in [4.69, 9.17) is 0 Å². The van der Waals surface area contributed by atoms with Gasteiger partial charge < -0.3 is 15.0 Å². The van der Waals surface area contributed by atoms with Crippen LogP contribution < -0.4 is 5.32 Å². The van der Waals surface area contributed by atoms with Gasteiger partial charge in [0.25, 0.3) is 0 Å². The fraction of sp³-hybridized carbons (Fsp3) is 0.353.